The highest BCUT2D eigenvalue weighted by Gasteiger charge is 2.16. The monoisotopic (exact) mass is 323 g/mol. The molecule has 4 nitrogen and oxygen atoms in total. The van der Waals surface area contributed by atoms with Crippen LogP contribution in [0, 0.1) is 0 Å². The lowest BCUT2D eigenvalue weighted by Gasteiger charge is -2.10. The van der Waals surface area contributed by atoms with Crippen LogP contribution in [0.25, 0.3) is 0 Å². The third-order valence-electron chi connectivity index (χ3n) is 3.31. The van der Waals surface area contributed by atoms with Gasteiger partial charge in [0.2, 0.25) is 0 Å². The number of aryl methyl sites for hydroxylation is 2. The molecule has 1 aliphatic carbocycles. The van der Waals surface area contributed by atoms with Crippen LogP contribution < -0.4 is 16.2 Å². The number of carbonyl (C=O) groups is 1. The summed E-state index contributed by atoms with van der Waals surface area (Å²) in [7, 11) is 0. The average molecular weight is 323 g/mol. The lowest BCUT2D eigenvalue weighted by Crippen LogP contribution is -2.46. The maximum absolute atomic E-state index is 12.1. The normalized spacial score (nSPS) is 13.8. The van der Waals surface area contributed by atoms with Crippen LogP contribution in [0.4, 0.5) is 0 Å². The number of hydrogen-bond acceptors (Lipinski definition) is 3. The highest BCUT2D eigenvalue weighted by Crippen LogP contribution is 2.28. The summed E-state index contributed by atoms with van der Waals surface area (Å²) >= 11 is 6.67. The Labute approximate surface area is 135 Å². The van der Waals surface area contributed by atoms with Crippen molar-refractivity contribution in [3.05, 3.63) is 33.5 Å². The van der Waals surface area contributed by atoms with E-state index < -0.39 is 0 Å². The summed E-state index contributed by atoms with van der Waals surface area (Å²) in [5.74, 6) is -0.132. The quantitative estimate of drug-likeness (QED) is 0.346. The fourth-order valence-electron chi connectivity index (χ4n) is 2.23. The molecule has 3 N–H and O–H groups in total. The topological polar surface area (TPSA) is 53.2 Å². The van der Waals surface area contributed by atoms with Crippen molar-refractivity contribution in [2.45, 2.75) is 39.0 Å². The zero-order valence-electron chi connectivity index (χ0n) is 12.3. The van der Waals surface area contributed by atoms with Crippen molar-refractivity contribution >= 4 is 34.6 Å². The summed E-state index contributed by atoms with van der Waals surface area (Å²) in [6, 6.07) is 2.02. The van der Waals surface area contributed by atoms with Gasteiger partial charge in [-0.05, 0) is 56.5 Å². The van der Waals surface area contributed by atoms with Gasteiger partial charge in [0.25, 0.3) is 5.91 Å². The van der Waals surface area contributed by atoms with Gasteiger partial charge in [-0.1, -0.05) is 18.6 Å². The molecular formula is C15H21N3OS2. The molecule has 0 aliphatic heterocycles. The number of fused-ring (bicyclic) bond motifs is 1. The molecular weight excluding hydrogens is 302 g/mol. The first-order valence-corrected chi connectivity index (χ1v) is 8.39. The van der Waals surface area contributed by atoms with Crippen molar-refractivity contribution in [3.63, 3.8) is 0 Å². The van der Waals surface area contributed by atoms with E-state index >= 15 is 0 Å². The summed E-state index contributed by atoms with van der Waals surface area (Å²) in [5, 5.41) is 3.35. The number of nitrogens with one attached hydrogen (secondary N) is 3. The molecule has 0 bridgehead atoms. The van der Waals surface area contributed by atoms with Gasteiger partial charge in [-0.15, -0.1) is 11.3 Å². The Morgan fingerprint density at radius 1 is 1.33 bits per heavy atom. The van der Waals surface area contributed by atoms with Crippen LogP contribution in [0.1, 0.15) is 46.3 Å². The number of carbonyl (C=O) groups excluding carboxylic acids is 1. The smallest absolute Gasteiger partial charge is 0.279 e. The van der Waals surface area contributed by atoms with E-state index in [-0.39, 0.29) is 5.91 Å². The Balaban J connectivity index is 1.86. The SMILES string of the molecule is C=C(C)CNC(=S)NNC(=O)c1cc2c(s1)CCCCC2. The maximum atomic E-state index is 12.1. The lowest BCUT2D eigenvalue weighted by atomic mass is 10.1. The number of hydrazine groups is 1. The van der Waals surface area contributed by atoms with E-state index in [0.717, 1.165) is 23.3 Å². The highest BCUT2D eigenvalue weighted by atomic mass is 32.1. The van der Waals surface area contributed by atoms with Crippen molar-refractivity contribution in [1.29, 1.82) is 0 Å². The largest absolute Gasteiger partial charge is 0.358 e. The predicted octanol–water partition coefficient (Wildman–Crippen LogP) is 2.70. The number of rotatable bonds is 3. The molecule has 0 spiro atoms. The lowest BCUT2D eigenvalue weighted by molar-refractivity contribution is 0.0947. The van der Waals surface area contributed by atoms with E-state index in [0.29, 0.717) is 11.7 Å². The van der Waals surface area contributed by atoms with Gasteiger partial charge in [-0.25, -0.2) is 0 Å². The van der Waals surface area contributed by atoms with E-state index in [4.69, 9.17) is 12.2 Å². The minimum atomic E-state index is -0.132. The zero-order chi connectivity index (χ0) is 15.2. The number of thiophene rings is 1. The summed E-state index contributed by atoms with van der Waals surface area (Å²) in [6.45, 7) is 6.28. The van der Waals surface area contributed by atoms with Gasteiger partial charge >= 0.3 is 0 Å². The Kier molecular flexibility index (Phi) is 5.76. The minimum Gasteiger partial charge on any atom is -0.358 e. The molecule has 0 saturated carbocycles. The van der Waals surface area contributed by atoms with E-state index in [9.17, 15) is 4.79 Å². The van der Waals surface area contributed by atoms with Crippen molar-refractivity contribution in [3.8, 4) is 0 Å². The highest BCUT2D eigenvalue weighted by molar-refractivity contribution is 7.80. The molecule has 0 aromatic carbocycles. The molecule has 6 heteroatoms. The van der Waals surface area contributed by atoms with Crippen LogP contribution in [0.5, 0.6) is 0 Å². The Morgan fingerprint density at radius 3 is 2.86 bits per heavy atom. The molecule has 1 heterocycles. The molecule has 1 aromatic rings. The van der Waals surface area contributed by atoms with Crippen LogP contribution >= 0.6 is 23.6 Å². The van der Waals surface area contributed by atoms with Gasteiger partial charge in [-0.3, -0.25) is 15.6 Å². The third kappa shape index (κ3) is 4.82. The van der Waals surface area contributed by atoms with Gasteiger partial charge < -0.3 is 5.32 Å². The van der Waals surface area contributed by atoms with Gasteiger partial charge in [-0.2, -0.15) is 0 Å². The predicted molar refractivity (Wildman–Crippen MR) is 91.6 cm³/mol. The molecule has 0 radical (unpaired) electrons. The van der Waals surface area contributed by atoms with E-state index in [1.54, 1.807) is 11.3 Å². The van der Waals surface area contributed by atoms with Crippen LogP contribution in [0.2, 0.25) is 0 Å². The van der Waals surface area contributed by atoms with Crippen LogP contribution in [-0.4, -0.2) is 17.6 Å². The van der Waals surface area contributed by atoms with Crippen LogP contribution in [0.15, 0.2) is 18.2 Å². The molecule has 0 fully saturated rings. The standard InChI is InChI=1S/C15H21N3OS2/c1-10(2)9-16-15(20)18-17-14(19)13-8-11-6-4-3-5-7-12(11)21-13/h8H,1,3-7,9H2,2H3,(H,17,19)(H2,16,18,20). The molecule has 2 rings (SSSR count). The summed E-state index contributed by atoms with van der Waals surface area (Å²) in [4.78, 5) is 14.2. The molecule has 0 atom stereocenters. The Hall–Kier alpha value is -1.40. The van der Waals surface area contributed by atoms with Crippen molar-refractivity contribution in [2.75, 3.05) is 6.54 Å². The Bertz CT molecular complexity index is 528. The second-order valence-electron chi connectivity index (χ2n) is 5.34. The van der Waals surface area contributed by atoms with Gasteiger partial charge in [0.05, 0.1) is 4.88 Å². The number of amides is 1. The second-order valence-corrected chi connectivity index (χ2v) is 6.88. The summed E-state index contributed by atoms with van der Waals surface area (Å²) in [6.07, 6.45) is 5.91. The van der Waals surface area contributed by atoms with Gasteiger partial charge in [0.15, 0.2) is 5.11 Å². The van der Waals surface area contributed by atoms with E-state index in [2.05, 4.69) is 22.7 Å². The molecule has 0 saturated heterocycles. The third-order valence-corrected chi connectivity index (χ3v) is 4.79. The van der Waals surface area contributed by atoms with E-state index in [1.807, 2.05) is 13.0 Å². The maximum Gasteiger partial charge on any atom is 0.279 e. The molecule has 21 heavy (non-hydrogen) atoms. The van der Waals surface area contributed by atoms with E-state index in [1.165, 1.54) is 29.7 Å². The minimum absolute atomic E-state index is 0.132. The Morgan fingerprint density at radius 2 is 2.10 bits per heavy atom. The first-order valence-electron chi connectivity index (χ1n) is 7.16. The zero-order valence-corrected chi connectivity index (χ0v) is 13.9. The molecule has 0 unspecified atom stereocenters. The van der Waals surface area contributed by atoms with Crippen molar-refractivity contribution in [2.24, 2.45) is 0 Å². The van der Waals surface area contributed by atoms with Crippen molar-refractivity contribution in [1.82, 2.24) is 16.2 Å². The summed E-state index contributed by atoms with van der Waals surface area (Å²) < 4.78 is 0. The molecule has 114 valence electrons. The molecule has 1 aromatic heterocycles. The molecule has 1 amide bonds. The van der Waals surface area contributed by atoms with Gasteiger partial charge in [0.1, 0.15) is 0 Å². The second kappa shape index (κ2) is 7.56. The van der Waals surface area contributed by atoms with Crippen LogP contribution in [-0.2, 0) is 12.8 Å². The van der Waals surface area contributed by atoms with Gasteiger partial charge in [0, 0.05) is 11.4 Å². The fourth-order valence-corrected chi connectivity index (χ4v) is 3.50. The number of thiocarbonyl (C=S) groups is 1. The van der Waals surface area contributed by atoms with Crippen molar-refractivity contribution < 1.29 is 4.79 Å². The average Bonchev–Trinajstić information content (AvgIpc) is 2.73. The first kappa shape index (κ1) is 16.0. The number of hydrogen-bond donors (Lipinski definition) is 3. The molecule has 1 aliphatic rings. The fraction of sp³-hybridized carbons (Fsp3) is 0.467. The summed E-state index contributed by atoms with van der Waals surface area (Å²) in [5.41, 5.74) is 7.67. The first-order chi connectivity index (χ1) is 10.1. The van der Waals surface area contributed by atoms with Crippen LogP contribution in [0.3, 0.4) is 0 Å².